The van der Waals surface area contributed by atoms with Gasteiger partial charge in [-0.15, -0.1) is 11.3 Å². The summed E-state index contributed by atoms with van der Waals surface area (Å²) in [6.07, 6.45) is 4.20. The number of nitrogens with one attached hydrogen (secondary N) is 1. The van der Waals surface area contributed by atoms with Gasteiger partial charge in [0.15, 0.2) is 0 Å². The van der Waals surface area contributed by atoms with Crippen LogP contribution in [0.25, 0.3) is 10.2 Å². The van der Waals surface area contributed by atoms with E-state index in [1.54, 1.807) is 18.0 Å². The molecule has 1 aliphatic heterocycles. The van der Waals surface area contributed by atoms with Gasteiger partial charge >= 0.3 is 0 Å². The van der Waals surface area contributed by atoms with Crippen molar-refractivity contribution in [3.05, 3.63) is 77.1 Å². The van der Waals surface area contributed by atoms with Gasteiger partial charge in [-0.1, -0.05) is 12.1 Å². The van der Waals surface area contributed by atoms with E-state index in [4.69, 9.17) is 0 Å². The Bertz CT molecular complexity index is 1090. The van der Waals surface area contributed by atoms with Gasteiger partial charge in [0.1, 0.15) is 6.04 Å². The third-order valence-corrected chi connectivity index (χ3v) is 5.62. The maximum absolute atomic E-state index is 13.5. The number of H-pyrrole nitrogens is 1. The Hall–Kier alpha value is -3.06. The van der Waals surface area contributed by atoms with Crippen LogP contribution < -0.4 is 0 Å². The van der Waals surface area contributed by atoms with Crippen LogP contribution in [0.5, 0.6) is 0 Å². The fourth-order valence-corrected chi connectivity index (χ4v) is 4.34. The molecule has 1 N–H and O–H groups in total. The summed E-state index contributed by atoms with van der Waals surface area (Å²) in [6.45, 7) is 0.616. The number of nitrogens with zero attached hydrogens (tertiary/aromatic N) is 4. The highest BCUT2D eigenvalue weighted by Crippen LogP contribution is 2.34. The lowest BCUT2D eigenvalue weighted by molar-refractivity contribution is 0.0689. The molecular weight excluding hydrogens is 346 g/mol. The Kier molecular flexibility index (Phi) is 3.53. The zero-order valence-electron chi connectivity index (χ0n) is 13.8. The van der Waals surface area contributed by atoms with E-state index in [0.29, 0.717) is 12.1 Å². The standard InChI is InChI=1S/C19H15N5OS/c25-19(12-4-3-6-15-18(12)26-11-23-15)24-9-7-13-16(22-10-21-13)17(24)14-5-1-2-8-20-14/h1-6,8,10-11,17H,7,9H2,(H,21,22). The number of carbonyl (C=O) groups is 1. The number of benzene rings is 1. The van der Waals surface area contributed by atoms with E-state index < -0.39 is 0 Å². The van der Waals surface area contributed by atoms with Crippen molar-refractivity contribution >= 4 is 27.5 Å². The maximum atomic E-state index is 13.5. The van der Waals surface area contributed by atoms with Crippen LogP contribution in [0.15, 0.2) is 54.4 Å². The minimum atomic E-state index is -0.290. The summed E-state index contributed by atoms with van der Waals surface area (Å²) in [4.78, 5) is 31.9. The van der Waals surface area contributed by atoms with Gasteiger partial charge in [-0.3, -0.25) is 9.78 Å². The highest BCUT2D eigenvalue weighted by molar-refractivity contribution is 7.17. The third-order valence-electron chi connectivity index (χ3n) is 4.74. The van der Waals surface area contributed by atoms with Gasteiger partial charge < -0.3 is 9.88 Å². The van der Waals surface area contributed by atoms with Crippen molar-refractivity contribution in [1.29, 1.82) is 0 Å². The van der Waals surface area contributed by atoms with Gasteiger partial charge in [-0.25, -0.2) is 9.97 Å². The second kappa shape index (κ2) is 6.03. The smallest absolute Gasteiger partial charge is 0.256 e. The summed E-state index contributed by atoms with van der Waals surface area (Å²) < 4.78 is 0.921. The van der Waals surface area contributed by atoms with E-state index in [1.165, 1.54) is 11.3 Å². The van der Waals surface area contributed by atoms with E-state index >= 15 is 0 Å². The summed E-state index contributed by atoms with van der Waals surface area (Å²) in [7, 11) is 0. The molecule has 1 amide bonds. The molecule has 0 aliphatic carbocycles. The number of hydrogen-bond donors (Lipinski definition) is 1. The number of fused-ring (bicyclic) bond motifs is 2. The van der Waals surface area contributed by atoms with E-state index in [1.807, 2.05) is 41.3 Å². The van der Waals surface area contributed by atoms with Gasteiger partial charge in [0.25, 0.3) is 5.91 Å². The molecular formula is C19H15N5OS. The summed E-state index contributed by atoms with van der Waals surface area (Å²) >= 11 is 1.49. The minimum absolute atomic E-state index is 0.0100. The number of thiazole rings is 1. The number of rotatable bonds is 2. The lowest BCUT2D eigenvalue weighted by Gasteiger charge is -2.34. The van der Waals surface area contributed by atoms with Gasteiger partial charge in [0.05, 0.1) is 39.0 Å². The monoisotopic (exact) mass is 361 g/mol. The quantitative estimate of drug-likeness (QED) is 0.595. The molecule has 26 heavy (non-hydrogen) atoms. The number of hydrogen-bond acceptors (Lipinski definition) is 5. The van der Waals surface area contributed by atoms with Crippen molar-refractivity contribution in [3.8, 4) is 0 Å². The fourth-order valence-electron chi connectivity index (χ4n) is 3.54. The minimum Gasteiger partial charge on any atom is -0.348 e. The zero-order chi connectivity index (χ0) is 17.5. The highest BCUT2D eigenvalue weighted by atomic mass is 32.1. The average Bonchev–Trinajstić information content (AvgIpc) is 3.36. The Morgan fingerprint density at radius 2 is 2.12 bits per heavy atom. The molecule has 3 aromatic heterocycles. The van der Waals surface area contributed by atoms with Crippen LogP contribution in [0, 0.1) is 0 Å². The predicted octanol–water partition coefficient (Wildman–Crippen LogP) is 3.20. The van der Waals surface area contributed by atoms with E-state index in [0.717, 1.165) is 33.7 Å². The average molecular weight is 361 g/mol. The Labute approximate surface area is 153 Å². The van der Waals surface area contributed by atoms with Crippen molar-refractivity contribution in [2.45, 2.75) is 12.5 Å². The van der Waals surface area contributed by atoms with Crippen LogP contribution in [0.1, 0.15) is 33.5 Å². The molecule has 0 radical (unpaired) electrons. The largest absolute Gasteiger partial charge is 0.348 e. The molecule has 1 aromatic carbocycles. The Morgan fingerprint density at radius 1 is 1.15 bits per heavy atom. The van der Waals surface area contributed by atoms with Gasteiger partial charge in [0.2, 0.25) is 0 Å². The summed E-state index contributed by atoms with van der Waals surface area (Å²) in [5.41, 5.74) is 6.09. The Balaban J connectivity index is 1.63. The second-order valence-corrected chi connectivity index (χ2v) is 7.03. The lowest BCUT2D eigenvalue weighted by Crippen LogP contribution is -2.41. The molecule has 5 rings (SSSR count). The first-order valence-corrected chi connectivity index (χ1v) is 9.27. The molecule has 4 heterocycles. The van der Waals surface area contributed by atoms with Crippen molar-refractivity contribution in [3.63, 3.8) is 0 Å². The second-order valence-electron chi connectivity index (χ2n) is 6.18. The molecule has 7 heteroatoms. The predicted molar refractivity (Wildman–Crippen MR) is 99.0 cm³/mol. The molecule has 1 aliphatic rings. The van der Waals surface area contributed by atoms with Crippen LogP contribution in [-0.4, -0.2) is 37.3 Å². The number of aromatic nitrogens is 4. The van der Waals surface area contributed by atoms with E-state index in [2.05, 4.69) is 19.9 Å². The summed E-state index contributed by atoms with van der Waals surface area (Å²) in [5.74, 6) is -0.0100. The van der Waals surface area contributed by atoms with Crippen molar-refractivity contribution in [1.82, 2.24) is 24.8 Å². The van der Waals surface area contributed by atoms with E-state index in [9.17, 15) is 4.79 Å². The van der Waals surface area contributed by atoms with Crippen LogP contribution >= 0.6 is 11.3 Å². The number of pyridine rings is 1. The van der Waals surface area contributed by atoms with Gasteiger partial charge in [-0.2, -0.15) is 0 Å². The van der Waals surface area contributed by atoms with Crippen LogP contribution in [0.4, 0.5) is 0 Å². The first-order chi connectivity index (χ1) is 12.8. The first kappa shape index (κ1) is 15.2. The van der Waals surface area contributed by atoms with Gasteiger partial charge in [-0.05, 0) is 24.3 Å². The summed E-state index contributed by atoms with van der Waals surface area (Å²) in [5, 5.41) is 0. The SMILES string of the molecule is O=C(c1cccc2ncsc12)N1CCc2[nH]cnc2C1c1ccccn1. The lowest BCUT2D eigenvalue weighted by atomic mass is 9.98. The first-order valence-electron chi connectivity index (χ1n) is 8.39. The molecule has 4 aromatic rings. The van der Waals surface area contributed by atoms with Crippen LogP contribution in [-0.2, 0) is 6.42 Å². The highest BCUT2D eigenvalue weighted by Gasteiger charge is 2.35. The normalized spacial score (nSPS) is 16.6. The molecule has 6 nitrogen and oxygen atoms in total. The zero-order valence-corrected chi connectivity index (χ0v) is 14.6. The molecule has 1 unspecified atom stereocenters. The molecule has 0 fully saturated rings. The number of amides is 1. The molecule has 1 atom stereocenters. The number of aromatic amines is 1. The summed E-state index contributed by atoms with van der Waals surface area (Å²) in [6, 6.07) is 11.2. The fraction of sp³-hybridized carbons (Fsp3) is 0.158. The molecule has 0 spiro atoms. The maximum Gasteiger partial charge on any atom is 0.256 e. The molecule has 0 bridgehead atoms. The van der Waals surface area contributed by atoms with Crippen LogP contribution in [0.3, 0.4) is 0 Å². The van der Waals surface area contributed by atoms with E-state index in [-0.39, 0.29) is 11.9 Å². The molecule has 0 saturated heterocycles. The van der Waals surface area contributed by atoms with Crippen LogP contribution in [0.2, 0.25) is 0 Å². The van der Waals surface area contributed by atoms with Crippen molar-refractivity contribution in [2.75, 3.05) is 6.54 Å². The Morgan fingerprint density at radius 3 is 3.00 bits per heavy atom. The van der Waals surface area contributed by atoms with Crippen molar-refractivity contribution in [2.24, 2.45) is 0 Å². The number of imidazole rings is 1. The molecule has 128 valence electrons. The molecule has 0 saturated carbocycles. The van der Waals surface area contributed by atoms with Gasteiger partial charge in [0, 0.05) is 24.9 Å². The third kappa shape index (κ3) is 2.32. The topological polar surface area (TPSA) is 74.8 Å². The number of carbonyl (C=O) groups excluding carboxylic acids is 1. The van der Waals surface area contributed by atoms with Crippen molar-refractivity contribution < 1.29 is 4.79 Å².